The zero-order valence-corrected chi connectivity index (χ0v) is 11.9. The monoisotopic (exact) mass is 311 g/mol. The van der Waals surface area contributed by atoms with E-state index in [9.17, 15) is 15.2 Å². The van der Waals surface area contributed by atoms with Crippen LogP contribution in [-0.2, 0) is 0 Å². The molecule has 1 aromatic heterocycles. The van der Waals surface area contributed by atoms with E-state index >= 15 is 0 Å². The number of phenols is 1. The van der Waals surface area contributed by atoms with Gasteiger partial charge in [0.25, 0.3) is 5.69 Å². The third-order valence-electron chi connectivity index (χ3n) is 3.39. The summed E-state index contributed by atoms with van der Waals surface area (Å²) in [4.78, 5) is 14.5. The Balaban J connectivity index is 1.96. The van der Waals surface area contributed by atoms with Gasteiger partial charge in [-0.05, 0) is 11.6 Å². The second-order valence-electron chi connectivity index (χ2n) is 4.89. The fourth-order valence-corrected chi connectivity index (χ4v) is 2.17. The lowest BCUT2D eigenvalue weighted by atomic mass is 10.1. The smallest absolute Gasteiger partial charge is 0.270 e. The highest BCUT2D eigenvalue weighted by Gasteiger charge is 2.18. The Labute approximate surface area is 130 Å². The highest BCUT2D eigenvalue weighted by atomic mass is 16.6. The number of aromatic nitrogens is 3. The molecule has 0 fully saturated rings. The molecule has 0 aliphatic rings. The molecule has 8 heteroatoms. The second-order valence-corrected chi connectivity index (χ2v) is 4.89. The van der Waals surface area contributed by atoms with Crippen LogP contribution >= 0.6 is 0 Å². The summed E-state index contributed by atoms with van der Waals surface area (Å²) < 4.78 is 0. The highest BCUT2D eigenvalue weighted by Crippen LogP contribution is 2.31. The van der Waals surface area contributed by atoms with E-state index in [1.54, 1.807) is 0 Å². The first-order chi connectivity index (χ1) is 11.1. The van der Waals surface area contributed by atoms with Crippen molar-refractivity contribution in [2.45, 2.75) is 6.04 Å². The minimum Gasteiger partial charge on any atom is -0.507 e. The van der Waals surface area contributed by atoms with Gasteiger partial charge < -0.3 is 10.8 Å². The largest absolute Gasteiger partial charge is 0.507 e. The van der Waals surface area contributed by atoms with Gasteiger partial charge in [-0.1, -0.05) is 30.3 Å². The normalized spacial score (nSPS) is 12.0. The van der Waals surface area contributed by atoms with Crippen molar-refractivity contribution >= 4 is 5.69 Å². The minimum absolute atomic E-state index is 0.144. The van der Waals surface area contributed by atoms with Crippen LogP contribution in [0.1, 0.15) is 17.4 Å². The van der Waals surface area contributed by atoms with Gasteiger partial charge >= 0.3 is 0 Å². The molecule has 0 amide bonds. The first-order valence-corrected chi connectivity index (χ1v) is 6.77. The average molecular weight is 311 g/mol. The molecule has 0 saturated heterocycles. The number of H-pyrrole nitrogens is 1. The summed E-state index contributed by atoms with van der Waals surface area (Å²) >= 11 is 0. The van der Waals surface area contributed by atoms with E-state index in [0.29, 0.717) is 5.82 Å². The third kappa shape index (κ3) is 2.87. The fraction of sp³-hybridized carbons (Fsp3) is 0.0667. The van der Waals surface area contributed by atoms with E-state index < -0.39 is 11.0 Å². The number of aromatic amines is 1. The maximum absolute atomic E-state index is 10.8. The van der Waals surface area contributed by atoms with Crippen LogP contribution in [0.25, 0.3) is 11.4 Å². The predicted molar refractivity (Wildman–Crippen MR) is 82.6 cm³/mol. The number of phenolic OH excluding ortho intramolecular Hbond substituents is 1. The van der Waals surface area contributed by atoms with Crippen LogP contribution in [0, 0.1) is 10.1 Å². The summed E-state index contributed by atoms with van der Waals surface area (Å²) in [5.41, 5.74) is 6.98. The average Bonchev–Trinajstić information content (AvgIpc) is 3.05. The first-order valence-electron chi connectivity index (χ1n) is 6.77. The molecule has 8 nitrogen and oxygen atoms in total. The highest BCUT2D eigenvalue weighted by molar-refractivity contribution is 5.66. The molecule has 4 N–H and O–H groups in total. The van der Waals surface area contributed by atoms with Crippen LogP contribution in [0.2, 0.25) is 0 Å². The maximum Gasteiger partial charge on any atom is 0.270 e. The molecule has 1 unspecified atom stereocenters. The van der Waals surface area contributed by atoms with Crippen molar-refractivity contribution in [1.29, 1.82) is 0 Å². The van der Waals surface area contributed by atoms with Crippen LogP contribution in [-0.4, -0.2) is 25.2 Å². The Kier molecular flexibility index (Phi) is 3.73. The van der Waals surface area contributed by atoms with Crippen molar-refractivity contribution < 1.29 is 10.0 Å². The molecular weight excluding hydrogens is 298 g/mol. The number of non-ortho nitro benzene ring substituents is 1. The maximum atomic E-state index is 10.8. The molecule has 1 heterocycles. The van der Waals surface area contributed by atoms with E-state index in [1.165, 1.54) is 18.2 Å². The number of nitro groups is 1. The number of benzene rings is 2. The van der Waals surface area contributed by atoms with E-state index in [-0.39, 0.29) is 22.8 Å². The van der Waals surface area contributed by atoms with Gasteiger partial charge in [0.1, 0.15) is 11.6 Å². The van der Waals surface area contributed by atoms with Gasteiger partial charge in [0.2, 0.25) is 0 Å². The summed E-state index contributed by atoms with van der Waals surface area (Å²) in [6, 6.07) is 12.5. The predicted octanol–water partition coefficient (Wildman–Crippen LogP) is 2.13. The molecule has 0 aliphatic carbocycles. The summed E-state index contributed by atoms with van der Waals surface area (Å²) in [6.07, 6.45) is 0. The number of nitrogens with two attached hydrogens (primary N) is 1. The SMILES string of the molecule is NC(c1ccccc1)c1nc(-c2cc([N+](=O)[O-])ccc2O)n[nH]1. The Morgan fingerprint density at radius 3 is 2.65 bits per heavy atom. The lowest BCUT2D eigenvalue weighted by Crippen LogP contribution is -2.13. The molecule has 23 heavy (non-hydrogen) atoms. The van der Waals surface area contributed by atoms with Gasteiger partial charge in [-0.25, -0.2) is 4.98 Å². The molecule has 0 radical (unpaired) electrons. The van der Waals surface area contributed by atoms with Gasteiger partial charge in [0, 0.05) is 12.1 Å². The number of nitrogens with one attached hydrogen (secondary N) is 1. The Bertz CT molecular complexity index is 847. The van der Waals surface area contributed by atoms with Crippen LogP contribution in [0.4, 0.5) is 5.69 Å². The Morgan fingerprint density at radius 1 is 1.22 bits per heavy atom. The summed E-state index contributed by atoms with van der Waals surface area (Å²) in [5.74, 6) is 0.402. The van der Waals surface area contributed by atoms with Crippen LogP contribution in [0.5, 0.6) is 5.75 Å². The lowest BCUT2D eigenvalue weighted by Gasteiger charge is -2.07. The number of nitrogens with zero attached hydrogens (tertiary/aromatic N) is 3. The van der Waals surface area contributed by atoms with Gasteiger partial charge in [0.15, 0.2) is 5.82 Å². The molecule has 116 valence electrons. The molecule has 1 atom stereocenters. The van der Waals surface area contributed by atoms with Crippen molar-refractivity contribution in [1.82, 2.24) is 15.2 Å². The van der Waals surface area contributed by atoms with Crippen molar-refractivity contribution in [2.24, 2.45) is 5.73 Å². The zero-order chi connectivity index (χ0) is 16.4. The van der Waals surface area contributed by atoms with E-state index in [2.05, 4.69) is 15.2 Å². The van der Waals surface area contributed by atoms with Crippen molar-refractivity contribution in [2.75, 3.05) is 0 Å². The fourth-order valence-electron chi connectivity index (χ4n) is 2.17. The molecule has 0 aliphatic heterocycles. The lowest BCUT2D eigenvalue weighted by molar-refractivity contribution is -0.384. The molecular formula is C15H13N5O3. The van der Waals surface area contributed by atoms with E-state index in [0.717, 1.165) is 5.56 Å². The topological polar surface area (TPSA) is 131 Å². The van der Waals surface area contributed by atoms with Crippen molar-refractivity contribution in [3.8, 4) is 17.1 Å². The molecule has 3 aromatic rings. The quantitative estimate of drug-likeness (QED) is 0.499. The van der Waals surface area contributed by atoms with Gasteiger partial charge in [-0.15, -0.1) is 0 Å². The van der Waals surface area contributed by atoms with Crippen LogP contribution < -0.4 is 5.73 Å². The van der Waals surface area contributed by atoms with Crippen molar-refractivity contribution in [3.63, 3.8) is 0 Å². The molecule has 0 bridgehead atoms. The number of hydrogen-bond acceptors (Lipinski definition) is 6. The molecule has 2 aromatic carbocycles. The Hall–Kier alpha value is -3.26. The molecule has 0 saturated carbocycles. The third-order valence-corrected chi connectivity index (χ3v) is 3.39. The van der Waals surface area contributed by atoms with Crippen molar-refractivity contribution in [3.05, 3.63) is 70.0 Å². The van der Waals surface area contributed by atoms with Gasteiger partial charge in [-0.2, -0.15) is 5.10 Å². The van der Waals surface area contributed by atoms with E-state index in [1.807, 2.05) is 30.3 Å². The minimum atomic E-state index is -0.549. The van der Waals surface area contributed by atoms with E-state index in [4.69, 9.17) is 5.73 Å². The zero-order valence-electron chi connectivity index (χ0n) is 11.9. The van der Waals surface area contributed by atoms with Crippen LogP contribution in [0.3, 0.4) is 0 Å². The summed E-state index contributed by atoms with van der Waals surface area (Å²) in [7, 11) is 0. The summed E-state index contributed by atoms with van der Waals surface area (Å²) in [6.45, 7) is 0. The Morgan fingerprint density at radius 2 is 1.96 bits per heavy atom. The second kappa shape index (κ2) is 5.85. The summed E-state index contributed by atoms with van der Waals surface area (Å²) in [5, 5.41) is 27.4. The van der Waals surface area contributed by atoms with Gasteiger partial charge in [-0.3, -0.25) is 15.2 Å². The first kappa shape index (κ1) is 14.7. The number of hydrogen-bond donors (Lipinski definition) is 3. The number of aromatic hydroxyl groups is 1. The van der Waals surface area contributed by atoms with Gasteiger partial charge in [0.05, 0.1) is 16.5 Å². The molecule has 3 rings (SSSR count). The van der Waals surface area contributed by atoms with Crippen LogP contribution in [0.15, 0.2) is 48.5 Å². The molecule has 0 spiro atoms. The number of rotatable bonds is 4. The number of nitro benzene ring substituents is 1. The standard InChI is InChI=1S/C15H13N5O3/c16-13(9-4-2-1-3-5-9)15-17-14(18-19-15)11-8-10(20(22)23)6-7-12(11)21/h1-8,13,21H,16H2,(H,17,18,19).